The van der Waals surface area contributed by atoms with Crippen LogP contribution >= 0.6 is 38.5 Å². The second-order valence-corrected chi connectivity index (χ2v) is 8.32. The highest BCUT2D eigenvalue weighted by Gasteiger charge is 2.42. The van der Waals surface area contributed by atoms with Gasteiger partial charge in [0.2, 0.25) is 0 Å². The van der Waals surface area contributed by atoms with E-state index in [1.165, 1.54) is 25.7 Å². The molecule has 108 valence electrons. The van der Waals surface area contributed by atoms with Crippen molar-refractivity contribution in [1.82, 2.24) is 5.32 Å². The largest absolute Gasteiger partial charge is 0.349 e. The summed E-state index contributed by atoms with van der Waals surface area (Å²) in [6.45, 7) is 2.17. The van der Waals surface area contributed by atoms with Gasteiger partial charge in [-0.25, -0.2) is 0 Å². The molecule has 0 aliphatic heterocycles. The summed E-state index contributed by atoms with van der Waals surface area (Å²) < 4.78 is 1.96. The fraction of sp³-hybridized carbons (Fsp3) is 0.562. The number of hydrogen-bond donors (Lipinski definition) is 1. The van der Waals surface area contributed by atoms with Crippen molar-refractivity contribution in [2.24, 2.45) is 17.8 Å². The summed E-state index contributed by atoms with van der Waals surface area (Å²) in [6, 6.07) is 6.16. The van der Waals surface area contributed by atoms with Crippen LogP contribution in [0.25, 0.3) is 0 Å². The lowest BCUT2D eigenvalue weighted by Crippen LogP contribution is -2.40. The monoisotopic (exact) mass is 447 g/mol. The van der Waals surface area contributed by atoms with E-state index in [4.69, 9.17) is 0 Å². The second-order valence-electron chi connectivity index (χ2n) is 6.23. The zero-order valence-corrected chi connectivity index (χ0v) is 15.3. The molecule has 1 N–H and O–H groups in total. The minimum atomic E-state index is 0.0469. The maximum absolute atomic E-state index is 12.4. The van der Waals surface area contributed by atoms with E-state index in [1.807, 2.05) is 18.2 Å². The molecule has 1 aromatic rings. The molecule has 0 spiro atoms. The molecule has 2 bridgehead atoms. The highest BCUT2D eigenvalue weighted by atomic mass is 127. The molecule has 2 aliphatic carbocycles. The van der Waals surface area contributed by atoms with Gasteiger partial charge in [-0.3, -0.25) is 4.79 Å². The number of halogens is 2. The van der Waals surface area contributed by atoms with Crippen LogP contribution in [0, 0.1) is 21.3 Å². The van der Waals surface area contributed by atoms with Crippen molar-refractivity contribution in [1.29, 1.82) is 0 Å². The molecule has 2 aliphatic rings. The fourth-order valence-electron chi connectivity index (χ4n) is 3.97. The first-order chi connectivity index (χ1) is 9.54. The van der Waals surface area contributed by atoms with Gasteiger partial charge in [0, 0.05) is 14.1 Å². The maximum atomic E-state index is 12.4. The third-order valence-electron chi connectivity index (χ3n) is 4.97. The Balaban J connectivity index is 1.68. The van der Waals surface area contributed by atoms with Crippen molar-refractivity contribution < 1.29 is 4.79 Å². The van der Waals surface area contributed by atoms with Gasteiger partial charge in [0.15, 0.2) is 0 Å². The topological polar surface area (TPSA) is 29.1 Å². The lowest BCUT2D eigenvalue weighted by Gasteiger charge is -2.28. The van der Waals surface area contributed by atoms with Gasteiger partial charge in [-0.2, -0.15) is 0 Å². The quantitative estimate of drug-likeness (QED) is 0.673. The fourth-order valence-corrected chi connectivity index (χ4v) is 4.89. The van der Waals surface area contributed by atoms with Gasteiger partial charge in [-0.1, -0.05) is 6.42 Å². The van der Waals surface area contributed by atoms with E-state index in [9.17, 15) is 4.79 Å². The van der Waals surface area contributed by atoms with E-state index in [0.29, 0.717) is 5.92 Å². The van der Waals surface area contributed by atoms with Crippen LogP contribution in [0.15, 0.2) is 22.7 Å². The van der Waals surface area contributed by atoms with Gasteiger partial charge >= 0.3 is 0 Å². The predicted octanol–water partition coefficient (Wildman–Crippen LogP) is 4.61. The molecule has 0 radical (unpaired) electrons. The van der Waals surface area contributed by atoms with Crippen molar-refractivity contribution in [2.75, 3.05) is 0 Å². The summed E-state index contributed by atoms with van der Waals surface area (Å²) in [5.74, 6) is 2.49. The number of hydrogen-bond acceptors (Lipinski definition) is 1. The summed E-state index contributed by atoms with van der Waals surface area (Å²) in [5, 5.41) is 3.22. The van der Waals surface area contributed by atoms with Crippen molar-refractivity contribution in [2.45, 2.75) is 38.6 Å². The molecule has 4 unspecified atom stereocenters. The molecule has 3 rings (SSSR count). The van der Waals surface area contributed by atoms with E-state index in [-0.39, 0.29) is 11.9 Å². The summed E-state index contributed by atoms with van der Waals surface area (Å²) in [6.07, 6.45) is 5.46. The van der Waals surface area contributed by atoms with Crippen LogP contribution in [0.3, 0.4) is 0 Å². The lowest BCUT2D eigenvalue weighted by atomic mass is 9.84. The Labute approximate surface area is 142 Å². The molecule has 20 heavy (non-hydrogen) atoms. The molecule has 0 saturated heterocycles. The molecule has 1 amide bonds. The highest BCUT2D eigenvalue weighted by molar-refractivity contribution is 14.1. The normalized spacial score (nSPS) is 29.4. The lowest BCUT2D eigenvalue weighted by molar-refractivity contribution is 0.0914. The first kappa shape index (κ1) is 14.8. The highest BCUT2D eigenvalue weighted by Crippen LogP contribution is 2.49. The summed E-state index contributed by atoms with van der Waals surface area (Å²) >= 11 is 5.71. The molecule has 1 aromatic carbocycles. The summed E-state index contributed by atoms with van der Waals surface area (Å²) in [7, 11) is 0. The Morgan fingerprint density at radius 3 is 2.85 bits per heavy atom. The Hall–Kier alpha value is -0.100. The Morgan fingerprint density at radius 2 is 2.20 bits per heavy atom. The first-order valence-electron chi connectivity index (χ1n) is 7.30. The zero-order chi connectivity index (χ0) is 14.3. The maximum Gasteiger partial charge on any atom is 0.252 e. The standard InChI is InChI=1S/C16H19BrINO/c1-9(13-7-10-2-3-11(13)6-10)19-16(20)14-8-12(18)4-5-15(14)17/h4-5,8-11,13H,2-3,6-7H2,1H3,(H,19,20). The van der Waals surface area contributed by atoms with Gasteiger partial charge < -0.3 is 5.32 Å². The van der Waals surface area contributed by atoms with Gasteiger partial charge in [0.1, 0.15) is 0 Å². The first-order valence-corrected chi connectivity index (χ1v) is 9.17. The van der Waals surface area contributed by atoms with Crippen LogP contribution in [-0.4, -0.2) is 11.9 Å². The molecule has 4 heteroatoms. The number of carbonyl (C=O) groups is 1. The smallest absolute Gasteiger partial charge is 0.252 e. The van der Waals surface area contributed by atoms with Gasteiger partial charge in [0.25, 0.3) is 5.91 Å². The number of fused-ring (bicyclic) bond motifs is 2. The third-order valence-corrected chi connectivity index (χ3v) is 6.33. The molecular weight excluding hydrogens is 429 g/mol. The predicted molar refractivity (Wildman–Crippen MR) is 92.7 cm³/mol. The number of benzene rings is 1. The molecule has 4 atom stereocenters. The molecule has 2 fully saturated rings. The van der Waals surface area contributed by atoms with E-state index >= 15 is 0 Å². The third kappa shape index (κ3) is 2.91. The molecule has 0 aromatic heterocycles. The average molecular weight is 448 g/mol. The minimum absolute atomic E-state index is 0.0469. The van der Waals surface area contributed by atoms with Crippen molar-refractivity contribution in [3.05, 3.63) is 31.8 Å². The number of nitrogens with one attached hydrogen (secondary N) is 1. The van der Waals surface area contributed by atoms with E-state index in [0.717, 1.165) is 25.4 Å². The van der Waals surface area contributed by atoms with E-state index < -0.39 is 0 Å². The number of carbonyl (C=O) groups excluding carboxylic acids is 1. The summed E-state index contributed by atoms with van der Waals surface area (Å²) in [4.78, 5) is 12.4. The zero-order valence-electron chi connectivity index (χ0n) is 11.5. The molecule has 2 nitrogen and oxygen atoms in total. The SMILES string of the molecule is CC(NC(=O)c1cc(I)ccc1Br)C1CC2CCC1C2. The number of amides is 1. The van der Waals surface area contributed by atoms with Crippen molar-refractivity contribution in [3.63, 3.8) is 0 Å². The van der Waals surface area contributed by atoms with Gasteiger partial charge in [-0.15, -0.1) is 0 Å². The van der Waals surface area contributed by atoms with E-state index in [1.54, 1.807) is 0 Å². The van der Waals surface area contributed by atoms with Crippen molar-refractivity contribution in [3.8, 4) is 0 Å². The molecular formula is C16H19BrINO. The van der Waals surface area contributed by atoms with Crippen LogP contribution in [0.1, 0.15) is 43.0 Å². The van der Waals surface area contributed by atoms with Crippen LogP contribution < -0.4 is 5.32 Å². The summed E-state index contributed by atoms with van der Waals surface area (Å²) in [5.41, 5.74) is 0.743. The average Bonchev–Trinajstić information content (AvgIpc) is 3.03. The van der Waals surface area contributed by atoms with Crippen LogP contribution in [0.2, 0.25) is 0 Å². The molecule has 0 heterocycles. The minimum Gasteiger partial charge on any atom is -0.349 e. The Bertz CT molecular complexity index is 533. The Kier molecular flexibility index (Phi) is 4.41. The molecule has 2 saturated carbocycles. The van der Waals surface area contributed by atoms with E-state index in [2.05, 4.69) is 50.8 Å². The van der Waals surface area contributed by atoms with Crippen molar-refractivity contribution >= 4 is 44.4 Å². The van der Waals surface area contributed by atoms with Gasteiger partial charge in [-0.05, 0) is 101 Å². The van der Waals surface area contributed by atoms with Crippen LogP contribution in [0.4, 0.5) is 0 Å². The van der Waals surface area contributed by atoms with Crippen LogP contribution in [-0.2, 0) is 0 Å². The van der Waals surface area contributed by atoms with Crippen LogP contribution in [0.5, 0.6) is 0 Å². The Morgan fingerprint density at radius 1 is 1.40 bits per heavy atom. The van der Waals surface area contributed by atoms with Gasteiger partial charge in [0.05, 0.1) is 5.56 Å². The number of rotatable bonds is 3. The second kappa shape index (κ2) is 5.95.